The summed E-state index contributed by atoms with van der Waals surface area (Å²) in [6.07, 6.45) is 0.951. The summed E-state index contributed by atoms with van der Waals surface area (Å²) in [6.45, 7) is 5.39. The molecular weight excluding hydrogens is 378 g/mol. The van der Waals surface area contributed by atoms with Crippen molar-refractivity contribution in [2.45, 2.75) is 26.8 Å². The molecule has 2 aromatic rings. The highest BCUT2D eigenvalue weighted by atomic mass is 79.9. The van der Waals surface area contributed by atoms with Crippen molar-refractivity contribution in [2.75, 3.05) is 19.0 Å². The molecule has 0 heterocycles. The van der Waals surface area contributed by atoms with Crippen molar-refractivity contribution in [3.8, 4) is 11.5 Å². The molecule has 0 atom stereocenters. The van der Waals surface area contributed by atoms with E-state index in [1.54, 1.807) is 7.11 Å². The summed E-state index contributed by atoms with van der Waals surface area (Å²) in [7, 11) is 1.65. The van der Waals surface area contributed by atoms with E-state index in [1.165, 1.54) is 0 Å². The van der Waals surface area contributed by atoms with Crippen LogP contribution < -0.4 is 14.8 Å². The first-order valence-electron chi connectivity index (χ1n) is 7.54. The molecule has 0 saturated carbocycles. The quantitative estimate of drug-likeness (QED) is 0.637. The van der Waals surface area contributed by atoms with Gasteiger partial charge in [0.1, 0.15) is 0 Å². The summed E-state index contributed by atoms with van der Waals surface area (Å²) in [5.41, 5.74) is 3.15. The van der Waals surface area contributed by atoms with Crippen molar-refractivity contribution in [1.29, 1.82) is 0 Å². The third kappa shape index (κ3) is 4.79. The van der Waals surface area contributed by atoms with Gasteiger partial charge in [0, 0.05) is 17.3 Å². The summed E-state index contributed by atoms with van der Waals surface area (Å²) in [6, 6.07) is 9.98. The van der Waals surface area contributed by atoms with E-state index in [9.17, 15) is 0 Å². The highest BCUT2D eigenvalue weighted by Crippen LogP contribution is 2.37. The first-order chi connectivity index (χ1) is 11.0. The number of benzene rings is 2. The van der Waals surface area contributed by atoms with Gasteiger partial charge in [-0.05, 0) is 64.7 Å². The second-order valence-electron chi connectivity index (χ2n) is 5.28. The molecule has 0 aliphatic heterocycles. The van der Waals surface area contributed by atoms with E-state index < -0.39 is 0 Å². The van der Waals surface area contributed by atoms with E-state index in [0.717, 1.165) is 44.2 Å². The van der Waals surface area contributed by atoms with E-state index in [4.69, 9.17) is 21.1 Å². The van der Waals surface area contributed by atoms with Gasteiger partial charge in [0.15, 0.2) is 11.5 Å². The largest absolute Gasteiger partial charge is 0.493 e. The molecule has 2 rings (SSSR count). The smallest absolute Gasteiger partial charge is 0.175 e. The number of aryl methyl sites for hydroxylation is 1. The monoisotopic (exact) mass is 397 g/mol. The fraction of sp³-hybridized carbons (Fsp3) is 0.333. The third-order valence-corrected chi connectivity index (χ3v) is 4.40. The second kappa shape index (κ2) is 8.46. The number of methoxy groups -OCH3 is 1. The van der Waals surface area contributed by atoms with Crippen LogP contribution in [0.4, 0.5) is 5.69 Å². The molecule has 0 radical (unpaired) electrons. The van der Waals surface area contributed by atoms with Crippen molar-refractivity contribution in [3.63, 3.8) is 0 Å². The Morgan fingerprint density at radius 1 is 1.22 bits per heavy atom. The van der Waals surface area contributed by atoms with E-state index in [0.29, 0.717) is 13.2 Å². The lowest BCUT2D eigenvalue weighted by molar-refractivity contribution is 0.292. The summed E-state index contributed by atoms with van der Waals surface area (Å²) in [5.74, 6) is 1.48. The number of rotatable bonds is 7. The van der Waals surface area contributed by atoms with Crippen molar-refractivity contribution in [3.05, 3.63) is 51.0 Å². The van der Waals surface area contributed by atoms with Crippen molar-refractivity contribution in [1.82, 2.24) is 0 Å². The molecule has 0 unspecified atom stereocenters. The van der Waals surface area contributed by atoms with Crippen LogP contribution >= 0.6 is 27.5 Å². The van der Waals surface area contributed by atoms with Crippen LogP contribution in [0, 0.1) is 6.92 Å². The Morgan fingerprint density at radius 2 is 2.00 bits per heavy atom. The Kier molecular flexibility index (Phi) is 6.60. The van der Waals surface area contributed by atoms with Crippen molar-refractivity contribution >= 4 is 33.2 Å². The van der Waals surface area contributed by atoms with Crippen LogP contribution in [0.3, 0.4) is 0 Å². The van der Waals surface area contributed by atoms with Crippen LogP contribution in [0.15, 0.2) is 34.8 Å². The standard InChI is InChI=1S/C18H21BrClNO2/c1-4-7-23-18-15(19)8-13(9-17(18)22-3)11-21-14-6-5-12(2)16(20)10-14/h5-6,8-10,21H,4,7,11H2,1-3H3. The lowest BCUT2D eigenvalue weighted by Crippen LogP contribution is -2.03. The second-order valence-corrected chi connectivity index (χ2v) is 6.54. The molecule has 0 spiro atoms. The Bertz CT molecular complexity index is 676. The van der Waals surface area contributed by atoms with Gasteiger partial charge in [0.05, 0.1) is 18.2 Å². The first-order valence-corrected chi connectivity index (χ1v) is 8.71. The van der Waals surface area contributed by atoms with Crippen molar-refractivity contribution < 1.29 is 9.47 Å². The molecule has 5 heteroatoms. The van der Waals surface area contributed by atoms with E-state index >= 15 is 0 Å². The minimum atomic E-state index is 0.661. The maximum atomic E-state index is 6.15. The predicted octanol–water partition coefficient (Wildman–Crippen LogP) is 5.82. The molecule has 3 nitrogen and oxygen atoms in total. The highest BCUT2D eigenvalue weighted by molar-refractivity contribution is 9.10. The molecule has 0 aliphatic carbocycles. The maximum absolute atomic E-state index is 6.15. The Labute approximate surface area is 151 Å². The van der Waals surface area contributed by atoms with Gasteiger partial charge in [-0.3, -0.25) is 0 Å². The highest BCUT2D eigenvalue weighted by Gasteiger charge is 2.11. The van der Waals surface area contributed by atoms with Crippen LogP contribution in [-0.2, 0) is 6.54 Å². The summed E-state index contributed by atoms with van der Waals surface area (Å²) >= 11 is 9.72. The molecular formula is C18H21BrClNO2. The average Bonchev–Trinajstić information content (AvgIpc) is 2.54. The van der Waals surface area contributed by atoms with Crippen LogP contribution in [0.2, 0.25) is 5.02 Å². The molecule has 0 bridgehead atoms. The van der Waals surface area contributed by atoms with Crippen LogP contribution in [0.1, 0.15) is 24.5 Å². The number of nitrogens with one attached hydrogen (secondary N) is 1. The zero-order chi connectivity index (χ0) is 16.8. The molecule has 0 fully saturated rings. The van der Waals surface area contributed by atoms with E-state index in [2.05, 4.69) is 28.2 Å². The van der Waals surface area contributed by atoms with Gasteiger partial charge in [-0.25, -0.2) is 0 Å². The average molecular weight is 399 g/mol. The van der Waals surface area contributed by atoms with Crippen LogP contribution in [0.5, 0.6) is 11.5 Å². The van der Waals surface area contributed by atoms with Gasteiger partial charge < -0.3 is 14.8 Å². The van der Waals surface area contributed by atoms with Gasteiger partial charge in [0.2, 0.25) is 0 Å². The van der Waals surface area contributed by atoms with E-state index in [1.807, 2.05) is 37.3 Å². The molecule has 2 aromatic carbocycles. The van der Waals surface area contributed by atoms with Gasteiger partial charge in [-0.1, -0.05) is 24.6 Å². The molecule has 1 N–H and O–H groups in total. The number of anilines is 1. The fourth-order valence-corrected chi connectivity index (χ4v) is 2.91. The topological polar surface area (TPSA) is 30.5 Å². The Hall–Kier alpha value is -1.39. The molecule has 0 amide bonds. The van der Waals surface area contributed by atoms with Gasteiger partial charge in [0.25, 0.3) is 0 Å². The third-order valence-electron chi connectivity index (χ3n) is 3.41. The predicted molar refractivity (Wildman–Crippen MR) is 100.0 cm³/mol. The Morgan fingerprint density at radius 3 is 2.65 bits per heavy atom. The zero-order valence-electron chi connectivity index (χ0n) is 13.6. The van der Waals surface area contributed by atoms with Crippen LogP contribution in [0.25, 0.3) is 0 Å². The summed E-state index contributed by atoms with van der Waals surface area (Å²) in [5, 5.41) is 4.13. The minimum absolute atomic E-state index is 0.661. The number of ether oxygens (including phenoxy) is 2. The fourth-order valence-electron chi connectivity index (χ4n) is 2.13. The lowest BCUT2D eigenvalue weighted by Gasteiger charge is -2.15. The zero-order valence-corrected chi connectivity index (χ0v) is 15.9. The van der Waals surface area contributed by atoms with Gasteiger partial charge >= 0.3 is 0 Å². The minimum Gasteiger partial charge on any atom is -0.493 e. The normalized spacial score (nSPS) is 10.5. The number of hydrogen-bond acceptors (Lipinski definition) is 3. The van der Waals surface area contributed by atoms with Crippen LogP contribution in [-0.4, -0.2) is 13.7 Å². The molecule has 0 aliphatic rings. The molecule has 23 heavy (non-hydrogen) atoms. The van der Waals surface area contributed by atoms with Gasteiger partial charge in [-0.2, -0.15) is 0 Å². The molecule has 0 aromatic heterocycles. The molecule has 0 saturated heterocycles. The Balaban J connectivity index is 2.13. The molecule has 124 valence electrons. The SMILES string of the molecule is CCCOc1c(Br)cc(CNc2ccc(C)c(Cl)c2)cc1OC. The van der Waals surface area contributed by atoms with Gasteiger partial charge in [-0.15, -0.1) is 0 Å². The first kappa shape index (κ1) is 18.0. The van der Waals surface area contributed by atoms with Crippen molar-refractivity contribution in [2.24, 2.45) is 0 Å². The summed E-state index contributed by atoms with van der Waals surface area (Å²) < 4.78 is 12.1. The summed E-state index contributed by atoms with van der Waals surface area (Å²) in [4.78, 5) is 0. The lowest BCUT2D eigenvalue weighted by atomic mass is 10.2. The number of halogens is 2. The number of hydrogen-bond donors (Lipinski definition) is 1. The van der Waals surface area contributed by atoms with E-state index in [-0.39, 0.29) is 0 Å². The maximum Gasteiger partial charge on any atom is 0.175 e.